The van der Waals surface area contributed by atoms with E-state index >= 15 is 0 Å². The molecular formula is C10H11Cl2N. The molecule has 0 spiro atoms. The summed E-state index contributed by atoms with van der Waals surface area (Å²) in [6, 6.07) is 5.80. The molecule has 3 heteroatoms. The van der Waals surface area contributed by atoms with Crippen molar-refractivity contribution in [3.8, 4) is 0 Å². The summed E-state index contributed by atoms with van der Waals surface area (Å²) in [4.78, 5) is 0. The van der Waals surface area contributed by atoms with Gasteiger partial charge in [0.25, 0.3) is 0 Å². The Balaban J connectivity index is 2.37. The second kappa shape index (κ2) is 3.16. The van der Waals surface area contributed by atoms with Crippen LogP contribution in [0.3, 0.4) is 0 Å². The van der Waals surface area contributed by atoms with Crippen molar-refractivity contribution < 1.29 is 0 Å². The van der Waals surface area contributed by atoms with Gasteiger partial charge < -0.3 is 5.73 Å². The van der Waals surface area contributed by atoms with E-state index < -0.39 is 0 Å². The molecule has 70 valence electrons. The molecule has 0 unspecified atom stereocenters. The molecule has 1 aromatic rings. The second-order valence-corrected chi connectivity index (χ2v) is 4.43. The maximum Gasteiger partial charge on any atom is 0.0595 e. The summed E-state index contributed by atoms with van der Waals surface area (Å²) in [7, 11) is 0. The zero-order valence-electron chi connectivity index (χ0n) is 7.19. The largest absolute Gasteiger partial charge is 0.330 e. The molecule has 0 aliphatic heterocycles. The van der Waals surface area contributed by atoms with E-state index in [1.54, 1.807) is 0 Å². The molecule has 1 aliphatic rings. The van der Waals surface area contributed by atoms with Crippen LogP contribution in [-0.2, 0) is 5.41 Å². The SMILES string of the molecule is NCC1(c2ccc(Cl)c(Cl)c2)CC1. The van der Waals surface area contributed by atoms with Crippen molar-refractivity contribution in [3.05, 3.63) is 33.8 Å². The number of rotatable bonds is 2. The van der Waals surface area contributed by atoms with E-state index in [0.717, 1.165) is 0 Å². The molecule has 13 heavy (non-hydrogen) atoms. The van der Waals surface area contributed by atoms with Crippen LogP contribution < -0.4 is 5.73 Å². The van der Waals surface area contributed by atoms with Crippen molar-refractivity contribution >= 4 is 23.2 Å². The fourth-order valence-corrected chi connectivity index (χ4v) is 1.89. The van der Waals surface area contributed by atoms with E-state index in [2.05, 4.69) is 0 Å². The zero-order valence-corrected chi connectivity index (χ0v) is 8.70. The quantitative estimate of drug-likeness (QED) is 0.807. The highest BCUT2D eigenvalue weighted by Crippen LogP contribution is 2.48. The lowest BCUT2D eigenvalue weighted by Gasteiger charge is -2.13. The summed E-state index contributed by atoms with van der Waals surface area (Å²) in [5, 5.41) is 1.23. The topological polar surface area (TPSA) is 26.0 Å². The van der Waals surface area contributed by atoms with Crippen molar-refractivity contribution in [3.63, 3.8) is 0 Å². The molecule has 0 radical (unpaired) electrons. The Morgan fingerprint density at radius 3 is 2.38 bits per heavy atom. The van der Waals surface area contributed by atoms with Gasteiger partial charge in [-0.3, -0.25) is 0 Å². The molecule has 1 nitrogen and oxygen atoms in total. The van der Waals surface area contributed by atoms with Crippen LogP contribution in [0.5, 0.6) is 0 Å². The minimum Gasteiger partial charge on any atom is -0.330 e. The smallest absolute Gasteiger partial charge is 0.0595 e. The summed E-state index contributed by atoms with van der Waals surface area (Å²) < 4.78 is 0. The first-order valence-corrected chi connectivity index (χ1v) is 5.09. The third-order valence-corrected chi connectivity index (χ3v) is 3.52. The maximum absolute atomic E-state index is 5.93. The summed E-state index contributed by atoms with van der Waals surface area (Å²) in [6.45, 7) is 0.699. The van der Waals surface area contributed by atoms with Crippen molar-refractivity contribution in [1.29, 1.82) is 0 Å². The van der Waals surface area contributed by atoms with E-state index in [0.29, 0.717) is 16.6 Å². The third-order valence-electron chi connectivity index (χ3n) is 2.78. The highest BCUT2D eigenvalue weighted by atomic mass is 35.5. The Hall–Kier alpha value is -0.240. The molecule has 1 fully saturated rings. The van der Waals surface area contributed by atoms with Gasteiger partial charge in [-0.25, -0.2) is 0 Å². The molecule has 0 saturated heterocycles. The fourth-order valence-electron chi connectivity index (χ4n) is 1.59. The van der Waals surface area contributed by atoms with Crippen molar-refractivity contribution in [1.82, 2.24) is 0 Å². The third kappa shape index (κ3) is 1.56. The fraction of sp³-hybridized carbons (Fsp3) is 0.400. The molecule has 0 atom stereocenters. The van der Waals surface area contributed by atoms with Gasteiger partial charge in [0.05, 0.1) is 10.0 Å². The van der Waals surface area contributed by atoms with Crippen LogP contribution in [0.1, 0.15) is 18.4 Å². The van der Waals surface area contributed by atoms with E-state index in [1.165, 1.54) is 18.4 Å². The zero-order chi connectivity index (χ0) is 9.47. The highest BCUT2D eigenvalue weighted by molar-refractivity contribution is 6.42. The van der Waals surface area contributed by atoms with Crippen LogP contribution in [0.25, 0.3) is 0 Å². The average Bonchev–Trinajstić information content (AvgIpc) is 2.90. The number of benzene rings is 1. The lowest BCUT2D eigenvalue weighted by atomic mass is 9.96. The minimum atomic E-state index is 0.203. The summed E-state index contributed by atoms with van der Waals surface area (Å²) in [5.41, 5.74) is 7.14. The summed E-state index contributed by atoms with van der Waals surface area (Å²) in [6.07, 6.45) is 2.34. The number of hydrogen-bond acceptors (Lipinski definition) is 1. The maximum atomic E-state index is 5.93. The van der Waals surface area contributed by atoms with Gasteiger partial charge >= 0.3 is 0 Å². The first kappa shape index (κ1) is 9.32. The van der Waals surface area contributed by atoms with Gasteiger partial charge in [-0.15, -0.1) is 0 Å². The summed E-state index contributed by atoms with van der Waals surface area (Å²) >= 11 is 11.8. The summed E-state index contributed by atoms with van der Waals surface area (Å²) in [5.74, 6) is 0. The van der Waals surface area contributed by atoms with Gasteiger partial charge in [-0.1, -0.05) is 29.3 Å². The predicted molar refractivity (Wildman–Crippen MR) is 56.4 cm³/mol. The van der Waals surface area contributed by atoms with Gasteiger partial charge in [-0.2, -0.15) is 0 Å². The molecule has 0 bridgehead atoms. The standard InChI is InChI=1S/C10H11Cl2N/c11-8-2-1-7(5-9(8)12)10(6-13)3-4-10/h1-2,5H,3-4,6,13H2. The average molecular weight is 216 g/mol. The normalized spacial score (nSPS) is 18.7. The first-order valence-electron chi connectivity index (χ1n) is 4.33. The number of hydrogen-bond donors (Lipinski definition) is 1. The van der Waals surface area contributed by atoms with E-state index in [4.69, 9.17) is 28.9 Å². The molecule has 0 aromatic heterocycles. The number of halogens is 2. The lowest BCUT2D eigenvalue weighted by molar-refractivity contribution is 0.705. The molecular weight excluding hydrogens is 205 g/mol. The van der Waals surface area contributed by atoms with E-state index in [-0.39, 0.29) is 5.41 Å². The van der Waals surface area contributed by atoms with Crippen molar-refractivity contribution in [2.45, 2.75) is 18.3 Å². The number of nitrogens with two attached hydrogens (primary N) is 1. The molecule has 2 rings (SSSR count). The molecule has 1 aromatic carbocycles. The molecule has 0 amide bonds. The molecule has 1 saturated carbocycles. The first-order chi connectivity index (χ1) is 6.18. The van der Waals surface area contributed by atoms with Gasteiger partial charge in [0, 0.05) is 12.0 Å². The van der Waals surface area contributed by atoms with Crippen molar-refractivity contribution in [2.75, 3.05) is 6.54 Å². The van der Waals surface area contributed by atoms with Gasteiger partial charge in [-0.05, 0) is 30.5 Å². The van der Waals surface area contributed by atoms with Gasteiger partial charge in [0.15, 0.2) is 0 Å². The van der Waals surface area contributed by atoms with Crippen LogP contribution in [-0.4, -0.2) is 6.54 Å². The molecule has 2 N–H and O–H groups in total. The van der Waals surface area contributed by atoms with Crippen molar-refractivity contribution in [2.24, 2.45) is 5.73 Å². The monoisotopic (exact) mass is 215 g/mol. The van der Waals surface area contributed by atoms with Crippen LogP contribution in [0.15, 0.2) is 18.2 Å². The Bertz CT molecular complexity index is 332. The van der Waals surface area contributed by atoms with Gasteiger partial charge in [0.2, 0.25) is 0 Å². The Labute approximate surface area is 87.8 Å². The van der Waals surface area contributed by atoms with Gasteiger partial charge in [0.1, 0.15) is 0 Å². The predicted octanol–water partition coefficient (Wildman–Crippen LogP) is 2.98. The van der Waals surface area contributed by atoms with Crippen LogP contribution >= 0.6 is 23.2 Å². The second-order valence-electron chi connectivity index (χ2n) is 3.61. The van der Waals surface area contributed by atoms with E-state index in [9.17, 15) is 0 Å². The Morgan fingerprint density at radius 2 is 1.92 bits per heavy atom. The van der Waals surface area contributed by atoms with Crippen LogP contribution in [0, 0.1) is 0 Å². The molecule has 1 aliphatic carbocycles. The Morgan fingerprint density at radius 1 is 1.23 bits per heavy atom. The lowest BCUT2D eigenvalue weighted by Crippen LogP contribution is -2.19. The van der Waals surface area contributed by atoms with E-state index in [1.807, 2.05) is 18.2 Å². The molecule has 0 heterocycles. The van der Waals surface area contributed by atoms with Crippen LogP contribution in [0.4, 0.5) is 0 Å². The van der Waals surface area contributed by atoms with Crippen LogP contribution in [0.2, 0.25) is 10.0 Å². The highest BCUT2D eigenvalue weighted by Gasteiger charge is 2.42. The minimum absolute atomic E-state index is 0.203. The Kier molecular flexibility index (Phi) is 2.26.